The molecular weight excluding hydrogens is 412 g/mol. The highest BCUT2D eigenvalue weighted by atomic mass is 16.5. The Labute approximate surface area is 207 Å². The standard InChI is InChI=1S/C20H24O.C9H10.C4H6/c1-5-18-8-6-7-16(3)20(14-11-18)21-17(4)19-12-9-15(2)10-13-19;1-3-9-6-4-8(2)5-7-9;1-3-4-2/h6,8-14,16H,4-5,7H2,1-3H3;3-7H,1H2,2H3;3-4H,1-2H2/b8-6?,18-11-,20-14+;;. The Balaban J connectivity index is 0.000000366. The molecule has 0 aliphatic heterocycles. The molecule has 0 bridgehead atoms. The molecule has 34 heavy (non-hydrogen) atoms. The number of benzene rings is 2. The molecule has 0 N–H and O–H groups in total. The van der Waals surface area contributed by atoms with Crippen LogP contribution in [-0.4, -0.2) is 0 Å². The van der Waals surface area contributed by atoms with Gasteiger partial charge in [-0.15, -0.1) is 0 Å². The van der Waals surface area contributed by atoms with Gasteiger partial charge in [0.05, 0.1) is 0 Å². The molecular formula is C33H40O. The molecule has 3 rings (SSSR count). The van der Waals surface area contributed by atoms with Gasteiger partial charge in [0.2, 0.25) is 0 Å². The normalized spacial score (nSPS) is 17.4. The Bertz CT molecular complexity index is 1010. The van der Waals surface area contributed by atoms with E-state index in [2.05, 4.69) is 127 Å². The fourth-order valence-electron chi connectivity index (χ4n) is 2.96. The van der Waals surface area contributed by atoms with Gasteiger partial charge in [0.15, 0.2) is 0 Å². The zero-order valence-corrected chi connectivity index (χ0v) is 21.4. The zero-order chi connectivity index (χ0) is 25.3. The third kappa shape index (κ3) is 10.8. The first-order chi connectivity index (χ1) is 16.3. The summed E-state index contributed by atoms with van der Waals surface area (Å²) in [5, 5.41) is 0. The number of hydrogen-bond donors (Lipinski definition) is 0. The fraction of sp³-hybridized carbons (Fsp3) is 0.212. The Morgan fingerprint density at radius 1 is 0.912 bits per heavy atom. The lowest BCUT2D eigenvalue weighted by molar-refractivity contribution is 0.323. The van der Waals surface area contributed by atoms with E-state index in [0.717, 1.165) is 24.2 Å². The summed E-state index contributed by atoms with van der Waals surface area (Å²) in [4.78, 5) is 0. The summed E-state index contributed by atoms with van der Waals surface area (Å²) in [5.74, 6) is 2.05. The van der Waals surface area contributed by atoms with E-state index in [-0.39, 0.29) is 0 Å². The smallest absolute Gasteiger partial charge is 0.127 e. The van der Waals surface area contributed by atoms with Crippen LogP contribution in [0.5, 0.6) is 0 Å². The van der Waals surface area contributed by atoms with E-state index in [1.54, 1.807) is 12.2 Å². The lowest BCUT2D eigenvalue weighted by Gasteiger charge is -2.18. The molecule has 0 fully saturated rings. The number of hydrogen-bond acceptors (Lipinski definition) is 1. The van der Waals surface area contributed by atoms with Crippen molar-refractivity contribution in [2.45, 2.75) is 40.5 Å². The SMILES string of the molecule is C=C(O/C1=C/C=C(/CC)C=CCC1C)c1ccc(C)cc1.C=CC=C.C=Cc1ccc(C)cc1. The summed E-state index contributed by atoms with van der Waals surface area (Å²) in [5.41, 5.74) is 6.07. The van der Waals surface area contributed by atoms with Crippen molar-refractivity contribution in [1.29, 1.82) is 0 Å². The predicted octanol–water partition coefficient (Wildman–Crippen LogP) is 9.80. The minimum absolute atomic E-state index is 0.359. The second-order valence-electron chi connectivity index (χ2n) is 8.18. The van der Waals surface area contributed by atoms with Crippen LogP contribution in [0.25, 0.3) is 11.8 Å². The molecule has 0 aromatic heterocycles. The van der Waals surface area contributed by atoms with Crippen molar-refractivity contribution in [3.63, 3.8) is 0 Å². The quantitative estimate of drug-likeness (QED) is 0.313. The highest BCUT2D eigenvalue weighted by Gasteiger charge is 2.12. The second kappa shape index (κ2) is 16.1. The zero-order valence-electron chi connectivity index (χ0n) is 21.4. The monoisotopic (exact) mass is 452 g/mol. The molecule has 1 aliphatic rings. The van der Waals surface area contributed by atoms with E-state index < -0.39 is 0 Å². The summed E-state index contributed by atoms with van der Waals surface area (Å²) >= 11 is 0. The van der Waals surface area contributed by atoms with Crippen molar-refractivity contribution in [2.75, 3.05) is 0 Å². The first-order valence-corrected chi connectivity index (χ1v) is 11.8. The molecule has 2 aromatic carbocycles. The number of allylic oxidation sites excluding steroid dienone is 8. The maximum absolute atomic E-state index is 6.05. The van der Waals surface area contributed by atoms with Gasteiger partial charge in [-0.1, -0.05) is 136 Å². The third-order valence-corrected chi connectivity index (χ3v) is 5.27. The maximum Gasteiger partial charge on any atom is 0.127 e. The summed E-state index contributed by atoms with van der Waals surface area (Å²) in [6.45, 7) is 23.0. The van der Waals surface area contributed by atoms with Crippen molar-refractivity contribution in [3.8, 4) is 0 Å². The summed E-state index contributed by atoms with van der Waals surface area (Å²) < 4.78 is 6.05. The molecule has 0 radical (unpaired) electrons. The van der Waals surface area contributed by atoms with Gasteiger partial charge in [-0.05, 0) is 43.9 Å². The van der Waals surface area contributed by atoms with E-state index in [1.165, 1.54) is 22.3 Å². The Morgan fingerprint density at radius 2 is 1.47 bits per heavy atom. The van der Waals surface area contributed by atoms with E-state index >= 15 is 0 Å². The molecule has 1 nitrogen and oxygen atoms in total. The Kier molecular flexibility index (Phi) is 13.5. The summed E-state index contributed by atoms with van der Waals surface area (Å²) in [6.07, 6.45) is 15.8. The molecule has 1 atom stereocenters. The van der Waals surface area contributed by atoms with Crippen LogP contribution in [0.15, 0.2) is 123 Å². The van der Waals surface area contributed by atoms with Crippen molar-refractivity contribution >= 4 is 11.8 Å². The molecule has 0 saturated heterocycles. The van der Waals surface area contributed by atoms with Gasteiger partial charge in [-0.2, -0.15) is 0 Å². The van der Waals surface area contributed by atoms with Gasteiger partial charge < -0.3 is 4.74 Å². The van der Waals surface area contributed by atoms with Gasteiger partial charge in [0, 0.05) is 11.5 Å². The van der Waals surface area contributed by atoms with Crippen molar-refractivity contribution < 1.29 is 4.74 Å². The predicted molar refractivity (Wildman–Crippen MR) is 152 cm³/mol. The van der Waals surface area contributed by atoms with Crippen LogP contribution in [0, 0.1) is 19.8 Å². The van der Waals surface area contributed by atoms with Crippen molar-refractivity contribution in [1.82, 2.24) is 0 Å². The number of rotatable bonds is 6. The molecule has 1 heteroatoms. The Morgan fingerprint density at radius 3 is 1.97 bits per heavy atom. The minimum Gasteiger partial charge on any atom is -0.461 e. The van der Waals surface area contributed by atoms with E-state index in [9.17, 15) is 0 Å². The van der Waals surface area contributed by atoms with Crippen LogP contribution in [0.1, 0.15) is 48.9 Å². The summed E-state index contributed by atoms with van der Waals surface area (Å²) in [6, 6.07) is 16.5. The van der Waals surface area contributed by atoms with Gasteiger partial charge in [0.1, 0.15) is 11.5 Å². The van der Waals surface area contributed by atoms with Crippen molar-refractivity contribution in [2.24, 2.45) is 5.92 Å². The van der Waals surface area contributed by atoms with Crippen LogP contribution >= 0.6 is 0 Å². The molecule has 0 heterocycles. The third-order valence-electron chi connectivity index (χ3n) is 5.27. The highest BCUT2D eigenvalue weighted by molar-refractivity contribution is 5.58. The van der Waals surface area contributed by atoms with Crippen LogP contribution in [0.4, 0.5) is 0 Å². The average molecular weight is 453 g/mol. The largest absolute Gasteiger partial charge is 0.461 e. The minimum atomic E-state index is 0.359. The lowest BCUT2D eigenvalue weighted by atomic mass is 10.00. The number of aryl methyl sites for hydroxylation is 2. The lowest BCUT2D eigenvalue weighted by Crippen LogP contribution is -2.03. The van der Waals surface area contributed by atoms with E-state index in [1.807, 2.05) is 6.08 Å². The first-order valence-electron chi connectivity index (χ1n) is 11.8. The number of ether oxygens (including phenoxy) is 1. The van der Waals surface area contributed by atoms with Gasteiger partial charge in [-0.25, -0.2) is 0 Å². The summed E-state index contributed by atoms with van der Waals surface area (Å²) in [7, 11) is 0. The fourth-order valence-corrected chi connectivity index (χ4v) is 2.96. The molecule has 1 unspecified atom stereocenters. The van der Waals surface area contributed by atoms with E-state index in [0.29, 0.717) is 11.7 Å². The molecule has 0 saturated carbocycles. The van der Waals surface area contributed by atoms with Crippen LogP contribution in [-0.2, 0) is 4.74 Å². The first kappa shape index (κ1) is 28.5. The topological polar surface area (TPSA) is 9.23 Å². The van der Waals surface area contributed by atoms with Crippen LogP contribution in [0.2, 0.25) is 0 Å². The average Bonchev–Trinajstić information content (AvgIpc) is 2.85. The van der Waals surface area contributed by atoms with Gasteiger partial charge in [-0.3, -0.25) is 0 Å². The maximum atomic E-state index is 6.05. The highest BCUT2D eigenvalue weighted by Crippen LogP contribution is 2.26. The van der Waals surface area contributed by atoms with Crippen molar-refractivity contribution in [3.05, 3.63) is 145 Å². The Hall–Kier alpha value is -3.58. The van der Waals surface area contributed by atoms with Gasteiger partial charge >= 0.3 is 0 Å². The van der Waals surface area contributed by atoms with Gasteiger partial charge in [0.25, 0.3) is 0 Å². The molecule has 0 spiro atoms. The molecule has 1 aliphatic carbocycles. The van der Waals surface area contributed by atoms with Crippen LogP contribution < -0.4 is 0 Å². The molecule has 178 valence electrons. The molecule has 0 amide bonds. The second-order valence-corrected chi connectivity index (χ2v) is 8.18. The van der Waals surface area contributed by atoms with Crippen LogP contribution in [0.3, 0.4) is 0 Å². The van der Waals surface area contributed by atoms with E-state index in [4.69, 9.17) is 4.74 Å². The molecule has 2 aromatic rings.